The molecule has 1 saturated heterocycles. The van der Waals surface area contributed by atoms with Crippen LogP contribution in [0.3, 0.4) is 0 Å². The van der Waals surface area contributed by atoms with Crippen LogP contribution in [0.15, 0.2) is 30.5 Å². The molecular formula is C26H33F3N4O3S. The van der Waals surface area contributed by atoms with Gasteiger partial charge in [0.15, 0.2) is 0 Å². The first-order valence-electron chi connectivity index (χ1n) is 12.6. The molecule has 0 spiro atoms. The van der Waals surface area contributed by atoms with Crippen molar-refractivity contribution in [1.29, 1.82) is 0 Å². The number of aliphatic hydroxyl groups is 1. The molecule has 1 saturated carbocycles. The molecule has 1 aromatic heterocycles. The van der Waals surface area contributed by atoms with Gasteiger partial charge in [-0.2, -0.15) is 13.2 Å². The third kappa shape index (κ3) is 6.69. The van der Waals surface area contributed by atoms with Crippen LogP contribution in [-0.2, 0) is 16.6 Å². The highest BCUT2D eigenvalue weighted by Gasteiger charge is 2.38. The lowest BCUT2D eigenvalue weighted by Crippen LogP contribution is -2.46. The van der Waals surface area contributed by atoms with Crippen molar-refractivity contribution < 1.29 is 27.9 Å². The number of halogens is 3. The normalized spacial score (nSPS) is 24.5. The van der Waals surface area contributed by atoms with Gasteiger partial charge in [0.2, 0.25) is 5.91 Å². The quantitative estimate of drug-likeness (QED) is 0.495. The second kappa shape index (κ2) is 11.1. The van der Waals surface area contributed by atoms with Gasteiger partial charge in [-0.25, -0.2) is 4.98 Å². The molecule has 1 aromatic carbocycles. The monoisotopic (exact) mass is 538 g/mol. The van der Waals surface area contributed by atoms with E-state index in [9.17, 15) is 27.9 Å². The summed E-state index contributed by atoms with van der Waals surface area (Å²) in [5.74, 6) is -0.606. The smallest absolute Gasteiger partial charge is 0.383 e. The predicted molar refractivity (Wildman–Crippen MR) is 134 cm³/mol. The molecule has 7 nitrogen and oxygen atoms in total. The Morgan fingerprint density at radius 2 is 1.95 bits per heavy atom. The number of carbonyl (C=O) groups is 2. The number of likely N-dealkylation sites (tertiary alicyclic amines) is 1. The first-order chi connectivity index (χ1) is 17.4. The highest BCUT2D eigenvalue weighted by molar-refractivity contribution is 7.11. The molecule has 37 heavy (non-hydrogen) atoms. The molecule has 1 atom stereocenters. The van der Waals surface area contributed by atoms with Gasteiger partial charge in [-0.05, 0) is 56.2 Å². The van der Waals surface area contributed by atoms with Gasteiger partial charge in [-0.3, -0.25) is 9.59 Å². The number of alkyl halides is 3. The molecular weight excluding hydrogens is 505 g/mol. The second-order valence-electron chi connectivity index (χ2n) is 10.3. The van der Waals surface area contributed by atoms with Crippen LogP contribution in [0.25, 0.3) is 0 Å². The summed E-state index contributed by atoms with van der Waals surface area (Å²) < 4.78 is 38.7. The Hall–Kier alpha value is -2.50. The van der Waals surface area contributed by atoms with E-state index in [0.717, 1.165) is 36.4 Å². The summed E-state index contributed by atoms with van der Waals surface area (Å²) in [7, 11) is 0. The van der Waals surface area contributed by atoms with Gasteiger partial charge < -0.3 is 20.6 Å². The third-order valence-corrected chi connectivity index (χ3v) is 8.66. The Bertz CT molecular complexity index is 1110. The van der Waals surface area contributed by atoms with Gasteiger partial charge >= 0.3 is 6.18 Å². The van der Waals surface area contributed by atoms with Crippen LogP contribution < -0.4 is 10.6 Å². The number of hydrogen-bond acceptors (Lipinski definition) is 6. The van der Waals surface area contributed by atoms with E-state index in [0.29, 0.717) is 31.8 Å². The Morgan fingerprint density at radius 3 is 2.59 bits per heavy atom. The van der Waals surface area contributed by atoms with Crippen LogP contribution in [0.4, 0.5) is 13.2 Å². The average Bonchev–Trinajstić information content (AvgIpc) is 3.54. The molecule has 2 heterocycles. The van der Waals surface area contributed by atoms with E-state index in [-0.39, 0.29) is 30.1 Å². The predicted octanol–water partition coefficient (Wildman–Crippen LogP) is 4.04. The number of benzene rings is 1. The number of thiazole rings is 1. The van der Waals surface area contributed by atoms with Gasteiger partial charge in [-0.15, -0.1) is 11.3 Å². The molecule has 2 aromatic rings. The molecule has 1 aliphatic heterocycles. The molecule has 4 rings (SSSR count). The standard InChI is InChI=1S/C26H33F3N4O3S/c1-16(2)21-13-31-24(37-21)25(36)9-6-19(7-10-25)32-20-8-11-33(15-20)22(34)14-30-23(35)17-4-3-5-18(12-17)26(27,28)29/h3-5,12-13,16,19-20,32,36H,6-11,14-15H2,1-2H3,(H,30,35). The SMILES string of the molecule is CC(C)c1cnc(C2(O)CCC(NC3CCN(C(=O)CNC(=O)c4cccc(C(F)(F)F)c4)C3)CC2)s1. The summed E-state index contributed by atoms with van der Waals surface area (Å²) in [6.45, 7) is 5.00. The van der Waals surface area contributed by atoms with Gasteiger partial charge in [0, 0.05) is 41.8 Å². The first-order valence-corrected chi connectivity index (χ1v) is 13.4. The number of nitrogens with one attached hydrogen (secondary N) is 2. The summed E-state index contributed by atoms with van der Waals surface area (Å²) in [5, 5.41) is 18.0. The molecule has 202 valence electrons. The zero-order valence-corrected chi connectivity index (χ0v) is 21.8. The second-order valence-corrected chi connectivity index (χ2v) is 11.3. The van der Waals surface area contributed by atoms with Crippen LogP contribution in [0.5, 0.6) is 0 Å². The fraction of sp³-hybridized carbons (Fsp3) is 0.577. The Balaban J connectivity index is 1.21. The maximum atomic E-state index is 12.9. The van der Waals surface area contributed by atoms with E-state index in [1.165, 1.54) is 17.0 Å². The summed E-state index contributed by atoms with van der Waals surface area (Å²) in [6, 6.07) is 4.49. The van der Waals surface area contributed by atoms with Gasteiger partial charge in [0.05, 0.1) is 12.1 Å². The Kier molecular flexibility index (Phi) is 8.25. The lowest BCUT2D eigenvalue weighted by molar-refractivity contribution is -0.137. The minimum absolute atomic E-state index is 0.117. The molecule has 2 amide bonds. The molecule has 2 aliphatic rings. The van der Waals surface area contributed by atoms with Crippen molar-refractivity contribution in [3.63, 3.8) is 0 Å². The van der Waals surface area contributed by atoms with Crippen molar-refractivity contribution in [1.82, 2.24) is 20.5 Å². The number of rotatable bonds is 7. The number of carbonyl (C=O) groups excluding carboxylic acids is 2. The van der Waals surface area contributed by atoms with E-state index < -0.39 is 23.2 Å². The van der Waals surface area contributed by atoms with Gasteiger partial charge in [0.1, 0.15) is 10.6 Å². The molecule has 11 heteroatoms. The molecule has 0 radical (unpaired) electrons. The first kappa shape index (κ1) is 27.5. The molecule has 0 bridgehead atoms. The molecule has 1 unspecified atom stereocenters. The Morgan fingerprint density at radius 1 is 1.22 bits per heavy atom. The summed E-state index contributed by atoms with van der Waals surface area (Å²) in [6.07, 6.45) is 0.977. The molecule has 2 fully saturated rings. The topological polar surface area (TPSA) is 94.6 Å². The summed E-state index contributed by atoms with van der Waals surface area (Å²) in [4.78, 5) is 32.2. The molecule has 3 N–H and O–H groups in total. The van der Waals surface area contributed by atoms with Crippen molar-refractivity contribution in [2.45, 2.75) is 75.7 Å². The van der Waals surface area contributed by atoms with Crippen molar-refractivity contribution in [2.75, 3.05) is 19.6 Å². The minimum atomic E-state index is -4.54. The zero-order valence-electron chi connectivity index (χ0n) is 21.0. The van der Waals surface area contributed by atoms with Crippen LogP contribution in [0.1, 0.15) is 77.7 Å². The summed E-state index contributed by atoms with van der Waals surface area (Å²) >= 11 is 1.59. The largest absolute Gasteiger partial charge is 0.416 e. The minimum Gasteiger partial charge on any atom is -0.383 e. The average molecular weight is 539 g/mol. The maximum Gasteiger partial charge on any atom is 0.416 e. The van der Waals surface area contributed by atoms with Crippen molar-refractivity contribution in [2.24, 2.45) is 0 Å². The lowest BCUT2D eigenvalue weighted by atomic mass is 9.82. The number of aromatic nitrogens is 1. The van der Waals surface area contributed by atoms with Crippen molar-refractivity contribution in [3.8, 4) is 0 Å². The van der Waals surface area contributed by atoms with Gasteiger partial charge in [-0.1, -0.05) is 19.9 Å². The van der Waals surface area contributed by atoms with Crippen LogP contribution in [0, 0.1) is 0 Å². The lowest BCUT2D eigenvalue weighted by Gasteiger charge is -2.36. The van der Waals surface area contributed by atoms with Crippen LogP contribution in [0.2, 0.25) is 0 Å². The van der Waals surface area contributed by atoms with Crippen LogP contribution >= 0.6 is 11.3 Å². The third-order valence-electron chi connectivity index (χ3n) is 7.17. The summed E-state index contributed by atoms with van der Waals surface area (Å²) in [5.41, 5.74) is -1.93. The van der Waals surface area contributed by atoms with E-state index >= 15 is 0 Å². The Labute approximate surface area is 218 Å². The van der Waals surface area contributed by atoms with E-state index in [2.05, 4.69) is 29.5 Å². The highest BCUT2D eigenvalue weighted by Crippen LogP contribution is 2.40. The number of nitrogens with zero attached hydrogens (tertiary/aromatic N) is 2. The maximum absolute atomic E-state index is 12.9. The highest BCUT2D eigenvalue weighted by atomic mass is 32.1. The zero-order chi connectivity index (χ0) is 26.8. The van der Waals surface area contributed by atoms with Crippen molar-refractivity contribution >= 4 is 23.2 Å². The fourth-order valence-electron chi connectivity index (χ4n) is 4.91. The van der Waals surface area contributed by atoms with E-state index in [1.54, 1.807) is 16.2 Å². The number of amides is 2. The molecule has 1 aliphatic carbocycles. The van der Waals surface area contributed by atoms with Gasteiger partial charge in [0.25, 0.3) is 5.91 Å². The fourth-order valence-corrected chi connectivity index (χ4v) is 5.97. The number of hydrogen-bond donors (Lipinski definition) is 3. The van der Waals surface area contributed by atoms with E-state index in [1.807, 2.05) is 6.20 Å². The van der Waals surface area contributed by atoms with Crippen LogP contribution in [-0.4, -0.2) is 58.5 Å². The van der Waals surface area contributed by atoms with E-state index in [4.69, 9.17) is 0 Å². The van der Waals surface area contributed by atoms with Crippen molar-refractivity contribution in [3.05, 3.63) is 51.5 Å².